The van der Waals surface area contributed by atoms with Crippen molar-refractivity contribution in [1.29, 1.82) is 0 Å². The molecule has 2 heterocycles. The van der Waals surface area contributed by atoms with E-state index in [1.165, 1.54) is 6.33 Å². The Balaban J connectivity index is 2.01. The maximum absolute atomic E-state index is 10.4. The summed E-state index contributed by atoms with van der Waals surface area (Å²) in [6.07, 6.45) is 3.86. The highest BCUT2D eigenvalue weighted by Gasteiger charge is 2.17. The van der Waals surface area contributed by atoms with Gasteiger partial charge in [-0.05, 0) is 24.3 Å². The van der Waals surface area contributed by atoms with Crippen molar-refractivity contribution in [2.75, 3.05) is 0 Å². The molecule has 3 aromatic rings. The molecule has 5 heteroatoms. The number of hydrogen-bond acceptors (Lipinski definition) is 4. The highest BCUT2D eigenvalue weighted by Crippen LogP contribution is 2.21. The van der Waals surface area contributed by atoms with Crippen LogP contribution >= 0.6 is 0 Å². The average molecular weight is 252 g/mol. The van der Waals surface area contributed by atoms with Crippen LogP contribution in [0.4, 0.5) is 0 Å². The Kier molecular flexibility index (Phi) is 3.04. The standard InChI is InChI=1S/C14H12N4O/c19-14(12-6-8-15-10-16-12)13-7-9-17-18(13)11-4-2-1-3-5-11/h1-10,14,19H. The fourth-order valence-corrected chi connectivity index (χ4v) is 1.92. The number of para-hydroxylation sites is 1. The van der Waals surface area contributed by atoms with Gasteiger partial charge in [-0.25, -0.2) is 14.6 Å². The first-order valence-electron chi connectivity index (χ1n) is 5.89. The lowest BCUT2D eigenvalue weighted by atomic mass is 10.2. The summed E-state index contributed by atoms with van der Waals surface area (Å²) in [7, 11) is 0. The smallest absolute Gasteiger partial charge is 0.138 e. The van der Waals surface area contributed by atoms with Crippen LogP contribution in [-0.2, 0) is 0 Å². The van der Waals surface area contributed by atoms with Gasteiger partial charge in [-0.15, -0.1) is 0 Å². The zero-order valence-electron chi connectivity index (χ0n) is 10.1. The molecule has 0 aliphatic rings. The third kappa shape index (κ3) is 2.23. The van der Waals surface area contributed by atoms with Crippen molar-refractivity contribution in [3.8, 4) is 5.69 Å². The summed E-state index contributed by atoms with van der Waals surface area (Å²) >= 11 is 0. The van der Waals surface area contributed by atoms with E-state index < -0.39 is 6.10 Å². The van der Waals surface area contributed by atoms with Gasteiger partial charge in [0.15, 0.2) is 0 Å². The van der Waals surface area contributed by atoms with Crippen LogP contribution in [0.25, 0.3) is 5.69 Å². The maximum Gasteiger partial charge on any atom is 0.138 e. The summed E-state index contributed by atoms with van der Waals surface area (Å²) in [6.45, 7) is 0. The van der Waals surface area contributed by atoms with Crippen LogP contribution < -0.4 is 0 Å². The van der Waals surface area contributed by atoms with Crippen molar-refractivity contribution in [2.45, 2.75) is 6.10 Å². The Morgan fingerprint density at radius 2 is 1.84 bits per heavy atom. The van der Waals surface area contributed by atoms with Gasteiger partial charge in [0.25, 0.3) is 0 Å². The van der Waals surface area contributed by atoms with Crippen LogP contribution in [0.2, 0.25) is 0 Å². The minimum Gasteiger partial charge on any atom is -0.380 e. The van der Waals surface area contributed by atoms with Crippen molar-refractivity contribution in [1.82, 2.24) is 19.7 Å². The van der Waals surface area contributed by atoms with E-state index in [1.807, 2.05) is 30.3 Å². The molecule has 1 atom stereocenters. The number of benzene rings is 1. The largest absolute Gasteiger partial charge is 0.380 e. The first-order valence-corrected chi connectivity index (χ1v) is 5.89. The lowest BCUT2D eigenvalue weighted by Gasteiger charge is -2.12. The van der Waals surface area contributed by atoms with Crippen LogP contribution in [0.1, 0.15) is 17.5 Å². The molecule has 0 fully saturated rings. The summed E-state index contributed by atoms with van der Waals surface area (Å²) in [6, 6.07) is 13.1. The summed E-state index contributed by atoms with van der Waals surface area (Å²) in [5.74, 6) is 0. The second-order valence-electron chi connectivity index (χ2n) is 4.04. The molecule has 2 aromatic heterocycles. The number of aliphatic hydroxyl groups is 1. The van der Waals surface area contributed by atoms with Crippen molar-refractivity contribution < 1.29 is 5.11 Å². The van der Waals surface area contributed by atoms with Crippen LogP contribution in [0, 0.1) is 0 Å². The van der Waals surface area contributed by atoms with E-state index in [0.717, 1.165) is 5.69 Å². The minimum absolute atomic E-state index is 0.549. The molecule has 0 saturated heterocycles. The van der Waals surface area contributed by atoms with Gasteiger partial charge in [-0.2, -0.15) is 5.10 Å². The Bertz CT molecular complexity index is 651. The summed E-state index contributed by atoms with van der Waals surface area (Å²) in [4.78, 5) is 7.91. The van der Waals surface area contributed by atoms with Crippen LogP contribution in [0.3, 0.4) is 0 Å². The Hall–Kier alpha value is -2.53. The zero-order chi connectivity index (χ0) is 13.1. The molecular formula is C14H12N4O. The predicted octanol–water partition coefficient (Wildman–Crippen LogP) is 1.74. The predicted molar refractivity (Wildman–Crippen MR) is 69.7 cm³/mol. The van der Waals surface area contributed by atoms with Gasteiger partial charge in [0.1, 0.15) is 12.4 Å². The van der Waals surface area contributed by atoms with Crippen molar-refractivity contribution in [3.63, 3.8) is 0 Å². The van der Waals surface area contributed by atoms with Crippen molar-refractivity contribution in [3.05, 3.63) is 72.6 Å². The fraction of sp³-hybridized carbons (Fsp3) is 0.0714. The van der Waals surface area contributed by atoms with E-state index in [1.54, 1.807) is 29.2 Å². The molecule has 0 spiro atoms. The van der Waals surface area contributed by atoms with Crippen molar-refractivity contribution in [2.24, 2.45) is 0 Å². The molecule has 1 unspecified atom stereocenters. The van der Waals surface area contributed by atoms with E-state index in [2.05, 4.69) is 15.1 Å². The van der Waals surface area contributed by atoms with Crippen LogP contribution in [0.15, 0.2) is 61.2 Å². The van der Waals surface area contributed by atoms with E-state index in [-0.39, 0.29) is 0 Å². The number of aromatic nitrogens is 4. The van der Waals surface area contributed by atoms with Crippen LogP contribution in [0.5, 0.6) is 0 Å². The minimum atomic E-state index is -0.828. The molecular weight excluding hydrogens is 240 g/mol. The quantitative estimate of drug-likeness (QED) is 0.771. The van der Waals surface area contributed by atoms with E-state index in [0.29, 0.717) is 11.4 Å². The van der Waals surface area contributed by atoms with Gasteiger partial charge in [-0.3, -0.25) is 0 Å². The van der Waals surface area contributed by atoms with E-state index >= 15 is 0 Å². The first-order chi connectivity index (χ1) is 9.36. The van der Waals surface area contributed by atoms with E-state index in [4.69, 9.17) is 0 Å². The highest BCUT2D eigenvalue weighted by molar-refractivity contribution is 5.34. The highest BCUT2D eigenvalue weighted by atomic mass is 16.3. The van der Waals surface area contributed by atoms with Gasteiger partial charge in [-0.1, -0.05) is 18.2 Å². The second kappa shape index (κ2) is 4.99. The Morgan fingerprint density at radius 3 is 2.58 bits per heavy atom. The molecule has 0 bridgehead atoms. The molecule has 0 amide bonds. The van der Waals surface area contributed by atoms with E-state index in [9.17, 15) is 5.11 Å². The molecule has 0 aliphatic heterocycles. The molecule has 19 heavy (non-hydrogen) atoms. The van der Waals surface area contributed by atoms with Gasteiger partial charge >= 0.3 is 0 Å². The number of aliphatic hydroxyl groups excluding tert-OH is 1. The number of hydrogen-bond donors (Lipinski definition) is 1. The molecule has 94 valence electrons. The molecule has 0 radical (unpaired) electrons. The monoisotopic (exact) mass is 252 g/mol. The Labute approximate surface area is 110 Å². The first kappa shape index (κ1) is 11.6. The fourth-order valence-electron chi connectivity index (χ4n) is 1.92. The summed E-state index contributed by atoms with van der Waals surface area (Å²) in [5, 5.41) is 14.6. The maximum atomic E-state index is 10.4. The van der Waals surface area contributed by atoms with Crippen LogP contribution in [-0.4, -0.2) is 24.9 Å². The third-order valence-electron chi connectivity index (χ3n) is 2.84. The lowest BCUT2D eigenvalue weighted by Crippen LogP contribution is -2.09. The molecule has 1 aromatic carbocycles. The van der Waals surface area contributed by atoms with Crippen molar-refractivity contribution >= 4 is 0 Å². The third-order valence-corrected chi connectivity index (χ3v) is 2.84. The second-order valence-corrected chi connectivity index (χ2v) is 4.04. The Morgan fingerprint density at radius 1 is 1.00 bits per heavy atom. The molecule has 5 nitrogen and oxygen atoms in total. The number of rotatable bonds is 3. The van der Waals surface area contributed by atoms with Gasteiger partial charge in [0, 0.05) is 12.4 Å². The molecule has 3 rings (SSSR count). The van der Waals surface area contributed by atoms with Gasteiger partial charge < -0.3 is 5.11 Å². The van der Waals surface area contributed by atoms with Gasteiger partial charge in [0.2, 0.25) is 0 Å². The van der Waals surface area contributed by atoms with Gasteiger partial charge in [0.05, 0.1) is 17.1 Å². The summed E-state index contributed by atoms with van der Waals surface area (Å²) in [5.41, 5.74) is 2.12. The SMILES string of the molecule is OC(c1ccncn1)c1ccnn1-c1ccccc1. The number of nitrogens with zero attached hydrogens (tertiary/aromatic N) is 4. The summed E-state index contributed by atoms with van der Waals surface area (Å²) < 4.78 is 1.70. The average Bonchev–Trinajstić information content (AvgIpc) is 2.98. The molecule has 1 N–H and O–H groups in total. The molecule has 0 saturated carbocycles. The normalized spacial score (nSPS) is 12.3. The zero-order valence-corrected chi connectivity index (χ0v) is 10.1. The molecule has 0 aliphatic carbocycles. The lowest BCUT2D eigenvalue weighted by molar-refractivity contribution is 0.207. The topological polar surface area (TPSA) is 63.8 Å².